The van der Waals surface area contributed by atoms with Gasteiger partial charge in [-0.15, -0.1) is 0 Å². The Balaban J connectivity index is 2.82. The summed E-state index contributed by atoms with van der Waals surface area (Å²) >= 11 is 0. The Morgan fingerprint density at radius 3 is 2.00 bits per heavy atom. The van der Waals surface area contributed by atoms with Crippen LogP contribution in [0.3, 0.4) is 0 Å². The predicted octanol–water partition coefficient (Wildman–Crippen LogP) is 1.92. The summed E-state index contributed by atoms with van der Waals surface area (Å²) in [6.07, 6.45) is 0. The van der Waals surface area contributed by atoms with E-state index in [1.165, 1.54) is 0 Å². The second-order valence-electron chi connectivity index (χ2n) is 3.44. The lowest BCUT2D eigenvalue weighted by Crippen LogP contribution is -2.16. The summed E-state index contributed by atoms with van der Waals surface area (Å²) in [6, 6.07) is 7.86. The normalized spacial score (nSPS) is 13.3. The maximum Gasteiger partial charge on any atom is 0.0318 e. The van der Waals surface area contributed by atoms with Gasteiger partial charge in [-0.25, -0.2) is 0 Å². The molecule has 2 nitrogen and oxygen atoms in total. The van der Waals surface area contributed by atoms with Crippen molar-refractivity contribution in [1.29, 1.82) is 0 Å². The highest BCUT2D eigenvalue weighted by Gasteiger charge is 2.08. The minimum absolute atomic E-state index is 0.116. The van der Waals surface area contributed by atoms with Crippen molar-refractivity contribution < 1.29 is 0 Å². The van der Waals surface area contributed by atoms with Crippen molar-refractivity contribution in [3.05, 3.63) is 29.8 Å². The minimum Gasteiger partial charge on any atom is -0.399 e. The number of hydrogen-bond donors (Lipinski definition) is 2. The van der Waals surface area contributed by atoms with Crippen LogP contribution in [0.4, 0.5) is 5.69 Å². The standard InChI is InChI=1S/C10H16N2/c1-7(2)10(12)8-3-5-9(11)6-4-8/h3-7,10H,11-12H2,1-2H3/t10-/m1/s1. The first-order valence-corrected chi connectivity index (χ1v) is 4.22. The highest BCUT2D eigenvalue weighted by atomic mass is 14.6. The first kappa shape index (κ1) is 9.07. The predicted molar refractivity (Wildman–Crippen MR) is 52.6 cm³/mol. The average Bonchev–Trinajstić information content (AvgIpc) is 2.04. The molecule has 66 valence electrons. The average molecular weight is 164 g/mol. The molecule has 0 unspecified atom stereocenters. The largest absolute Gasteiger partial charge is 0.399 e. The molecule has 0 aliphatic rings. The van der Waals surface area contributed by atoms with E-state index in [2.05, 4.69) is 13.8 Å². The maximum atomic E-state index is 5.95. The summed E-state index contributed by atoms with van der Waals surface area (Å²) in [5, 5.41) is 0. The quantitative estimate of drug-likeness (QED) is 0.656. The first-order chi connectivity index (χ1) is 5.61. The second-order valence-corrected chi connectivity index (χ2v) is 3.44. The Kier molecular flexibility index (Phi) is 2.71. The molecule has 0 aliphatic heterocycles. The Labute approximate surface area is 73.6 Å². The van der Waals surface area contributed by atoms with Crippen LogP contribution >= 0.6 is 0 Å². The van der Waals surface area contributed by atoms with Crippen LogP contribution in [0.15, 0.2) is 24.3 Å². The molecule has 0 radical (unpaired) electrons. The van der Waals surface area contributed by atoms with Crippen LogP contribution in [0.5, 0.6) is 0 Å². The molecule has 1 aromatic carbocycles. The molecule has 1 aromatic rings. The van der Waals surface area contributed by atoms with Crippen LogP contribution in [-0.2, 0) is 0 Å². The van der Waals surface area contributed by atoms with E-state index in [-0.39, 0.29) is 6.04 Å². The number of benzene rings is 1. The van der Waals surface area contributed by atoms with Gasteiger partial charge in [-0.3, -0.25) is 0 Å². The van der Waals surface area contributed by atoms with Gasteiger partial charge in [0.25, 0.3) is 0 Å². The monoisotopic (exact) mass is 164 g/mol. The van der Waals surface area contributed by atoms with Crippen molar-refractivity contribution in [3.63, 3.8) is 0 Å². The van der Waals surface area contributed by atoms with Gasteiger partial charge in [0.2, 0.25) is 0 Å². The van der Waals surface area contributed by atoms with Crippen molar-refractivity contribution in [3.8, 4) is 0 Å². The van der Waals surface area contributed by atoms with Gasteiger partial charge in [-0.05, 0) is 23.6 Å². The summed E-state index contributed by atoms with van der Waals surface area (Å²) in [4.78, 5) is 0. The zero-order valence-corrected chi connectivity index (χ0v) is 7.62. The summed E-state index contributed by atoms with van der Waals surface area (Å²) in [7, 11) is 0. The number of nitrogens with two attached hydrogens (primary N) is 2. The molecule has 2 heteroatoms. The van der Waals surface area contributed by atoms with E-state index >= 15 is 0 Å². The Morgan fingerprint density at radius 1 is 1.08 bits per heavy atom. The summed E-state index contributed by atoms with van der Waals surface area (Å²) in [5.41, 5.74) is 13.4. The highest BCUT2D eigenvalue weighted by molar-refractivity contribution is 5.40. The van der Waals surface area contributed by atoms with E-state index in [0.29, 0.717) is 5.92 Å². The lowest BCUT2D eigenvalue weighted by molar-refractivity contribution is 0.514. The molecule has 0 saturated carbocycles. The maximum absolute atomic E-state index is 5.95. The lowest BCUT2D eigenvalue weighted by atomic mass is 9.97. The fourth-order valence-corrected chi connectivity index (χ4v) is 1.10. The van der Waals surface area contributed by atoms with Gasteiger partial charge in [-0.2, -0.15) is 0 Å². The van der Waals surface area contributed by atoms with Crippen LogP contribution in [-0.4, -0.2) is 0 Å². The fraction of sp³-hybridized carbons (Fsp3) is 0.400. The van der Waals surface area contributed by atoms with Crippen molar-refractivity contribution in [1.82, 2.24) is 0 Å². The molecule has 4 N–H and O–H groups in total. The molecular weight excluding hydrogens is 148 g/mol. The summed E-state index contributed by atoms with van der Waals surface area (Å²) in [5.74, 6) is 0.466. The van der Waals surface area contributed by atoms with Crippen molar-refractivity contribution in [2.75, 3.05) is 5.73 Å². The number of anilines is 1. The van der Waals surface area contributed by atoms with E-state index in [4.69, 9.17) is 11.5 Å². The molecule has 0 fully saturated rings. The Morgan fingerprint density at radius 2 is 1.58 bits per heavy atom. The topological polar surface area (TPSA) is 52.0 Å². The smallest absolute Gasteiger partial charge is 0.0318 e. The lowest BCUT2D eigenvalue weighted by Gasteiger charge is -2.15. The van der Waals surface area contributed by atoms with E-state index in [9.17, 15) is 0 Å². The third-order valence-corrected chi connectivity index (χ3v) is 2.04. The van der Waals surface area contributed by atoms with Gasteiger partial charge in [0.05, 0.1) is 0 Å². The number of rotatable bonds is 2. The van der Waals surface area contributed by atoms with Crippen LogP contribution < -0.4 is 11.5 Å². The van der Waals surface area contributed by atoms with Crippen molar-refractivity contribution in [2.24, 2.45) is 11.7 Å². The molecule has 0 heterocycles. The third-order valence-electron chi connectivity index (χ3n) is 2.04. The van der Waals surface area contributed by atoms with E-state index in [0.717, 1.165) is 11.3 Å². The third kappa shape index (κ3) is 1.98. The van der Waals surface area contributed by atoms with Gasteiger partial charge in [0, 0.05) is 11.7 Å². The van der Waals surface area contributed by atoms with Crippen LogP contribution in [0.25, 0.3) is 0 Å². The molecule has 0 amide bonds. The minimum atomic E-state index is 0.116. The van der Waals surface area contributed by atoms with Crippen molar-refractivity contribution >= 4 is 5.69 Å². The molecule has 0 spiro atoms. The van der Waals surface area contributed by atoms with E-state index in [1.54, 1.807) is 0 Å². The fourth-order valence-electron chi connectivity index (χ4n) is 1.10. The first-order valence-electron chi connectivity index (χ1n) is 4.22. The van der Waals surface area contributed by atoms with Crippen LogP contribution in [0.1, 0.15) is 25.5 Å². The van der Waals surface area contributed by atoms with Gasteiger partial charge in [0.1, 0.15) is 0 Å². The molecule has 1 atom stereocenters. The summed E-state index contributed by atoms with van der Waals surface area (Å²) in [6.45, 7) is 4.22. The molecule has 0 aliphatic carbocycles. The second kappa shape index (κ2) is 3.59. The summed E-state index contributed by atoms with van der Waals surface area (Å²) < 4.78 is 0. The van der Waals surface area contributed by atoms with E-state index in [1.807, 2.05) is 24.3 Å². The Bertz CT molecular complexity index is 239. The molecule has 1 rings (SSSR count). The molecular formula is C10H16N2. The number of hydrogen-bond acceptors (Lipinski definition) is 2. The van der Waals surface area contributed by atoms with Gasteiger partial charge >= 0.3 is 0 Å². The SMILES string of the molecule is CC(C)[C@@H](N)c1ccc(N)cc1. The Hall–Kier alpha value is -1.02. The van der Waals surface area contributed by atoms with Crippen LogP contribution in [0.2, 0.25) is 0 Å². The molecule has 0 saturated heterocycles. The highest BCUT2D eigenvalue weighted by Crippen LogP contribution is 2.19. The van der Waals surface area contributed by atoms with Gasteiger partial charge < -0.3 is 11.5 Å². The molecule has 0 aromatic heterocycles. The van der Waals surface area contributed by atoms with Crippen molar-refractivity contribution in [2.45, 2.75) is 19.9 Å². The number of nitrogen functional groups attached to an aromatic ring is 1. The van der Waals surface area contributed by atoms with Gasteiger partial charge in [-0.1, -0.05) is 26.0 Å². The zero-order valence-electron chi connectivity index (χ0n) is 7.62. The van der Waals surface area contributed by atoms with E-state index < -0.39 is 0 Å². The van der Waals surface area contributed by atoms with Gasteiger partial charge in [0.15, 0.2) is 0 Å². The molecule has 12 heavy (non-hydrogen) atoms. The molecule has 0 bridgehead atoms. The zero-order chi connectivity index (χ0) is 9.14. The van der Waals surface area contributed by atoms with Crippen LogP contribution in [0, 0.1) is 5.92 Å².